The maximum atomic E-state index is 13.3. The van der Waals surface area contributed by atoms with E-state index in [1.165, 1.54) is 43.7 Å². The Hall–Kier alpha value is -4.50. The van der Waals surface area contributed by atoms with Crippen LogP contribution in [0.15, 0.2) is 36.8 Å². The molecule has 0 spiro atoms. The lowest BCUT2D eigenvalue weighted by atomic mass is 10.0. The summed E-state index contributed by atoms with van der Waals surface area (Å²) >= 11 is 0. The number of nitrogens with zero attached hydrogens (tertiary/aromatic N) is 1. The molecule has 0 saturated carbocycles. The number of phenols is 1. The molecule has 0 bridgehead atoms. The number of imidazole rings is 1. The van der Waals surface area contributed by atoms with Crippen LogP contribution in [0.5, 0.6) is 5.75 Å². The lowest BCUT2D eigenvalue weighted by Crippen LogP contribution is -2.59. The number of carboxylic acids is 2. The summed E-state index contributed by atoms with van der Waals surface area (Å²) in [7, 11) is 0. The summed E-state index contributed by atoms with van der Waals surface area (Å²) in [6, 6.07) is 0.272. The molecular weight excluding hydrogens is 516 g/mol. The highest BCUT2D eigenvalue weighted by Crippen LogP contribution is 2.12. The lowest BCUT2D eigenvalue weighted by molar-refractivity contribution is -0.143. The number of aliphatic hydroxyl groups excluding tert-OH is 1. The number of hydrogen-bond acceptors (Lipinski definition) is 9. The normalized spacial score (nSPS) is 14.7. The number of amides is 3. The Bertz CT molecular complexity index is 1140. The Morgan fingerprint density at radius 2 is 1.49 bits per heavy atom. The summed E-state index contributed by atoms with van der Waals surface area (Å²) < 4.78 is 0. The second-order valence-electron chi connectivity index (χ2n) is 8.87. The standard InChI is InChI=1S/C24H32N6O9/c1-12(31)20(25)23(37)30-17(8-13-2-4-15(32)5-3-13)21(35)29-18(9-14-10-26-11-27-14)22(36)28-16(24(38)39)6-7-19(33)34/h2-5,10-12,16-18,20,31-32H,6-9,25H2,1H3,(H,26,27)(H,28,36)(H,29,35)(H,30,37)(H,33,34)(H,38,39). The predicted molar refractivity (Wildman–Crippen MR) is 134 cm³/mol. The predicted octanol–water partition coefficient (Wildman–Crippen LogP) is -1.99. The van der Waals surface area contributed by atoms with Crippen LogP contribution in [-0.2, 0) is 36.8 Å². The van der Waals surface area contributed by atoms with Crippen LogP contribution in [0.25, 0.3) is 0 Å². The van der Waals surface area contributed by atoms with Crippen molar-refractivity contribution in [1.82, 2.24) is 25.9 Å². The van der Waals surface area contributed by atoms with Gasteiger partial charge in [-0.1, -0.05) is 12.1 Å². The molecule has 212 valence electrons. The van der Waals surface area contributed by atoms with Gasteiger partial charge in [0.25, 0.3) is 0 Å². The molecule has 15 heteroatoms. The first-order valence-electron chi connectivity index (χ1n) is 11.9. The summed E-state index contributed by atoms with van der Waals surface area (Å²) in [5.74, 6) is -5.30. The third-order valence-electron chi connectivity index (χ3n) is 5.70. The zero-order valence-electron chi connectivity index (χ0n) is 21.0. The van der Waals surface area contributed by atoms with Gasteiger partial charge in [0.1, 0.15) is 29.9 Å². The van der Waals surface area contributed by atoms with Gasteiger partial charge >= 0.3 is 11.9 Å². The van der Waals surface area contributed by atoms with Gasteiger partial charge in [-0.3, -0.25) is 19.2 Å². The average molecular weight is 549 g/mol. The first-order valence-corrected chi connectivity index (χ1v) is 11.9. The molecule has 2 aromatic rings. The quantitative estimate of drug-likeness (QED) is 0.118. The van der Waals surface area contributed by atoms with Crippen LogP contribution >= 0.6 is 0 Å². The number of carboxylic acid groups (broad SMARTS) is 2. The molecule has 5 atom stereocenters. The van der Waals surface area contributed by atoms with Gasteiger partial charge < -0.3 is 47.1 Å². The highest BCUT2D eigenvalue weighted by Gasteiger charge is 2.31. The van der Waals surface area contributed by atoms with E-state index in [1.54, 1.807) is 0 Å². The molecule has 0 aliphatic rings. The van der Waals surface area contributed by atoms with E-state index in [2.05, 4.69) is 25.9 Å². The monoisotopic (exact) mass is 548 g/mol. The van der Waals surface area contributed by atoms with Crippen LogP contribution in [-0.4, -0.2) is 90.3 Å². The number of nitrogens with two attached hydrogens (primary N) is 1. The Morgan fingerprint density at radius 1 is 0.923 bits per heavy atom. The van der Waals surface area contributed by atoms with Crippen LogP contribution in [0.2, 0.25) is 0 Å². The topological polar surface area (TPSA) is 257 Å². The van der Waals surface area contributed by atoms with Crippen molar-refractivity contribution >= 4 is 29.7 Å². The maximum absolute atomic E-state index is 13.3. The Labute approximate surface area is 222 Å². The summed E-state index contributed by atoms with van der Waals surface area (Å²) in [5, 5.41) is 44.7. The molecule has 39 heavy (non-hydrogen) atoms. The average Bonchev–Trinajstić information content (AvgIpc) is 3.39. The minimum Gasteiger partial charge on any atom is -0.508 e. The number of rotatable bonds is 15. The number of aliphatic carboxylic acids is 2. The molecule has 0 aliphatic carbocycles. The van der Waals surface area contributed by atoms with Crippen molar-refractivity contribution in [3.63, 3.8) is 0 Å². The fraction of sp³-hybridized carbons (Fsp3) is 0.417. The summed E-state index contributed by atoms with van der Waals surface area (Å²) in [6.45, 7) is 1.30. The van der Waals surface area contributed by atoms with E-state index in [4.69, 9.17) is 10.8 Å². The number of H-pyrrole nitrogens is 1. The highest BCUT2D eigenvalue weighted by atomic mass is 16.4. The lowest BCUT2D eigenvalue weighted by Gasteiger charge is -2.25. The Kier molecular flexibility index (Phi) is 11.4. The van der Waals surface area contributed by atoms with Crippen molar-refractivity contribution in [2.75, 3.05) is 0 Å². The van der Waals surface area contributed by atoms with Crippen LogP contribution < -0.4 is 21.7 Å². The third kappa shape index (κ3) is 10.1. The molecule has 15 nitrogen and oxygen atoms in total. The minimum atomic E-state index is -1.54. The fourth-order valence-corrected chi connectivity index (χ4v) is 3.46. The molecule has 0 fully saturated rings. The Morgan fingerprint density at radius 3 is 2.00 bits per heavy atom. The number of carbonyl (C=O) groups is 5. The van der Waals surface area contributed by atoms with Gasteiger partial charge in [0.15, 0.2) is 0 Å². The van der Waals surface area contributed by atoms with E-state index in [0.29, 0.717) is 11.3 Å². The molecule has 0 aliphatic heterocycles. The van der Waals surface area contributed by atoms with Gasteiger partial charge in [-0.25, -0.2) is 9.78 Å². The maximum Gasteiger partial charge on any atom is 0.326 e. The van der Waals surface area contributed by atoms with Crippen LogP contribution in [0, 0.1) is 0 Å². The zero-order valence-corrected chi connectivity index (χ0v) is 21.0. The molecule has 10 N–H and O–H groups in total. The van der Waals surface area contributed by atoms with Crippen molar-refractivity contribution in [3.8, 4) is 5.75 Å². The summed E-state index contributed by atoms with van der Waals surface area (Å²) in [6.07, 6.45) is 0.374. The number of nitrogens with one attached hydrogen (secondary N) is 4. The zero-order chi connectivity index (χ0) is 29.1. The van der Waals surface area contributed by atoms with Gasteiger partial charge in [-0.05, 0) is 31.0 Å². The molecule has 3 amide bonds. The van der Waals surface area contributed by atoms with Gasteiger partial charge in [0.05, 0.1) is 12.4 Å². The summed E-state index contributed by atoms with van der Waals surface area (Å²) in [5.41, 5.74) is 6.65. The third-order valence-corrected chi connectivity index (χ3v) is 5.70. The van der Waals surface area contributed by atoms with Crippen molar-refractivity contribution in [2.24, 2.45) is 5.73 Å². The number of benzene rings is 1. The van der Waals surface area contributed by atoms with Crippen LogP contribution in [0.1, 0.15) is 31.0 Å². The molecule has 2 rings (SSSR count). The Balaban J connectivity index is 2.28. The first kappa shape index (κ1) is 30.7. The number of hydrogen-bond donors (Lipinski definition) is 9. The number of aromatic amines is 1. The summed E-state index contributed by atoms with van der Waals surface area (Å²) in [4.78, 5) is 68.0. The molecule has 1 aromatic carbocycles. The number of aliphatic hydroxyl groups is 1. The molecule has 1 heterocycles. The number of phenolic OH excluding ortho intramolecular Hbond substituents is 1. The first-order chi connectivity index (χ1) is 18.4. The highest BCUT2D eigenvalue weighted by molar-refractivity contribution is 5.94. The number of carbonyl (C=O) groups excluding carboxylic acids is 3. The van der Waals surface area contributed by atoms with Gasteiger partial charge in [0.2, 0.25) is 17.7 Å². The van der Waals surface area contributed by atoms with Crippen molar-refractivity contribution in [1.29, 1.82) is 0 Å². The SMILES string of the molecule is CC(O)C(N)C(=O)NC(Cc1ccc(O)cc1)C(=O)NC(Cc1cnc[nH]1)C(=O)NC(CCC(=O)O)C(=O)O. The second kappa shape index (κ2) is 14.4. The van der Waals surface area contributed by atoms with Gasteiger partial charge in [-0.2, -0.15) is 0 Å². The van der Waals surface area contributed by atoms with E-state index in [9.17, 15) is 39.3 Å². The smallest absolute Gasteiger partial charge is 0.326 e. The van der Waals surface area contributed by atoms with Crippen molar-refractivity contribution in [3.05, 3.63) is 48.0 Å². The van der Waals surface area contributed by atoms with Gasteiger partial charge in [0, 0.05) is 31.2 Å². The number of aromatic hydroxyl groups is 1. The van der Waals surface area contributed by atoms with Crippen molar-refractivity contribution in [2.45, 2.75) is 62.9 Å². The van der Waals surface area contributed by atoms with E-state index in [1.807, 2.05) is 0 Å². The van der Waals surface area contributed by atoms with Crippen molar-refractivity contribution < 1.29 is 44.4 Å². The van der Waals surface area contributed by atoms with Crippen LogP contribution in [0.4, 0.5) is 0 Å². The molecule has 1 aromatic heterocycles. The van der Waals surface area contributed by atoms with E-state index in [-0.39, 0.29) is 18.6 Å². The largest absolute Gasteiger partial charge is 0.508 e. The molecule has 0 radical (unpaired) electrons. The van der Waals surface area contributed by atoms with E-state index < -0.39 is 72.8 Å². The van der Waals surface area contributed by atoms with Crippen LogP contribution in [0.3, 0.4) is 0 Å². The fourth-order valence-electron chi connectivity index (χ4n) is 3.46. The van der Waals surface area contributed by atoms with Gasteiger partial charge in [-0.15, -0.1) is 0 Å². The number of aromatic nitrogens is 2. The van der Waals surface area contributed by atoms with E-state index in [0.717, 1.165) is 0 Å². The molecule has 5 unspecified atom stereocenters. The minimum absolute atomic E-state index is 0.0212. The molecule has 0 saturated heterocycles. The molecular formula is C24H32N6O9. The van der Waals surface area contributed by atoms with E-state index >= 15 is 0 Å². The second-order valence-corrected chi connectivity index (χ2v) is 8.87.